The van der Waals surface area contributed by atoms with Crippen LogP contribution in [0.15, 0.2) is 18.2 Å². The van der Waals surface area contributed by atoms with Crippen LogP contribution in [-0.4, -0.2) is 39.1 Å². The molecule has 118 valence electrons. The molecule has 1 atom stereocenters. The Hall–Kier alpha value is -0.780. The summed E-state index contributed by atoms with van der Waals surface area (Å²) in [6, 6.07) is 6.07. The molecule has 1 aliphatic rings. The van der Waals surface area contributed by atoms with Gasteiger partial charge in [-0.15, -0.1) is 0 Å². The van der Waals surface area contributed by atoms with Crippen molar-refractivity contribution in [1.82, 2.24) is 0 Å². The molecule has 0 aromatic heterocycles. The van der Waals surface area contributed by atoms with Crippen molar-refractivity contribution in [3.8, 4) is 0 Å². The SMILES string of the molecule is CCC(N)Cc1ccc(N2CCCS(=O)(=O)CC2)cc1Cl. The Kier molecular flexibility index (Phi) is 5.52. The summed E-state index contributed by atoms with van der Waals surface area (Å²) in [5.74, 6) is 0.494. The Morgan fingerprint density at radius 3 is 2.76 bits per heavy atom. The van der Waals surface area contributed by atoms with Crippen LogP contribution in [0.3, 0.4) is 0 Å². The number of sulfone groups is 1. The van der Waals surface area contributed by atoms with Gasteiger partial charge in [0, 0.05) is 29.8 Å². The maximum atomic E-state index is 11.7. The summed E-state index contributed by atoms with van der Waals surface area (Å²) in [4.78, 5) is 2.10. The van der Waals surface area contributed by atoms with Crippen molar-refractivity contribution >= 4 is 27.1 Å². The van der Waals surface area contributed by atoms with Gasteiger partial charge < -0.3 is 10.6 Å². The van der Waals surface area contributed by atoms with Crippen molar-refractivity contribution in [3.05, 3.63) is 28.8 Å². The number of benzene rings is 1. The second-order valence-corrected chi connectivity index (χ2v) is 8.35. The van der Waals surface area contributed by atoms with E-state index < -0.39 is 9.84 Å². The zero-order chi connectivity index (χ0) is 15.5. The predicted molar refractivity (Wildman–Crippen MR) is 88.9 cm³/mol. The van der Waals surface area contributed by atoms with Crippen LogP contribution in [0.2, 0.25) is 5.02 Å². The monoisotopic (exact) mass is 330 g/mol. The second kappa shape index (κ2) is 6.99. The van der Waals surface area contributed by atoms with Crippen LogP contribution in [0.1, 0.15) is 25.3 Å². The van der Waals surface area contributed by atoms with Gasteiger partial charge in [-0.2, -0.15) is 0 Å². The molecule has 1 aromatic rings. The van der Waals surface area contributed by atoms with Crippen LogP contribution in [0.25, 0.3) is 0 Å². The third-order valence-electron chi connectivity index (χ3n) is 3.96. The van der Waals surface area contributed by atoms with Crippen molar-refractivity contribution in [3.63, 3.8) is 0 Å². The van der Waals surface area contributed by atoms with Crippen LogP contribution in [0.4, 0.5) is 5.69 Å². The minimum atomic E-state index is -2.89. The Morgan fingerprint density at radius 1 is 1.33 bits per heavy atom. The van der Waals surface area contributed by atoms with E-state index in [0.29, 0.717) is 18.0 Å². The van der Waals surface area contributed by atoms with Gasteiger partial charge in [0.05, 0.1) is 11.5 Å². The third kappa shape index (κ3) is 4.59. The molecule has 1 fully saturated rings. The molecule has 1 saturated heterocycles. The molecule has 1 heterocycles. The van der Waals surface area contributed by atoms with Crippen molar-refractivity contribution in [1.29, 1.82) is 0 Å². The van der Waals surface area contributed by atoms with Gasteiger partial charge in [-0.25, -0.2) is 8.42 Å². The number of hydrogen-bond donors (Lipinski definition) is 1. The summed E-state index contributed by atoms with van der Waals surface area (Å²) in [6.07, 6.45) is 2.36. The van der Waals surface area contributed by atoms with Gasteiger partial charge >= 0.3 is 0 Å². The summed E-state index contributed by atoms with van der Waals surface area (Å²) >= 11 is 6.35. The van der Waals surface area contributed by atoms with Crippen LogP contribution in [0, 0.1) is 0 Å². The zero-order valence-corrected chi connectivity index (χ0v) is 14.0. The van der Waals surface area contributed by atoms with E-state index in [9.17, 15) is 8.42 Å². The van der Waals surface area contributed by atoms with Crippen molar-refractivity contribution in [2.45, 2.75) is 32.2 Å². The molecule has 4 nitrogen and oxygen atoms in total. The molecule has 2 rings (SSSR count). The van der Waals surface area contributed by atoms with E-state index in [4.69, 9.17) is 17.3 Å². The fraction of sp³-hybridized carbons (Fsp3) is 0.600. The molecule has 0 bridgehead atoms. The third-order valence-corrected chi connectivity index (χ3v) is 6.03. The molecule has 0 amide bonds. The van der Waals surface area contributed by atoms with Crippen LogP contribution in [0.5, 0.6) is 0 Å². The van der Waals surface area contributed by atoms with Crippen molar-refractivity contribution in [2.75, 3.05) is 29.5 Å². The molecule has 1 aliphatic heterocycles. The van der Waals surface area contributed by atoms with Crippen molar-refractivity contribution in [2.24, 2.45) is 5.73 Å². The van der Waals surface area contributed by atoms with Gasteiger partial charge in [0.25, 0.3) is 0 Å². The smallest absolute Gasteiger partial charge is 0.152 e. The number of halogens is 1. The molecule has 1 unspecified atom stereocenters. The summed E-state index contributed by atoms with van der Waals surface area (Å²) in [5.41, 5.74) is 8.01. The molecule has 1 aromatic carbocycles. The second-order valence-electron chi connectivity index (χ2n) is 5.64. The Labute approximate surface area is 132 Å². The number of nitrogens with two attached hydrogens (primary N) is 1. The van der Waals surface area contributed by atoms with Gasteiger partial charge in [-0.1, -0.05) is 24.6 Å². The lowest BCUT2D eigenvalue weighted by atomic mass is 10.0. The van der Waals surface area contributed by atoms with E-state index in [1.807, 2.05) is 18.2 Å². The highest BCUT2D eigenvalue weighted by Gasteiger charge is 2.19. The minimum absolute atomic E-state index is 0.122. The Morgan fingerprint density at radius 2 is 2.10 bits per heavy atom. The van der Waals surface area contributed by atoms with Gasteiger partial charge in [0.2, 0.25) is 0 Å². The first-order valence-corrected chi connectivity index (χ1v) is 9.60. The zero-order valence-electron chi connectivity index (χ0n) is 12.4. The molecular formula is C15H23ClN2O2S. The predicted octanol–water partition coefficient (Wildman–Crippen LogP) is 2.24. The van der Waals surface area contributed by atoms with Gasteiger partial charge in [0.1, 0.15) is 0 Å². The lowest BCUT2D eigenvalue weighted by Gasteiger charge is -2.23. The number of anilines is 1. The first-order chi connectivity index (χ1) is 9.91. The fourth-order valence-corrected chi connectivity index (χ4v) is 4.05. The van der Waals surface area contributed by atoms with Crippen molar-refractivity contribution < 1.29 is 8.42 Å². The average molecular weight is 331 g/mol. The normalized spacial score (nSPS) is 20.0. The molecular weight excluding hydrogens is 308 g/mol. The first-order valence-electron chi connectivity index (χ1n) is 7.40. The van der Waals surface area contributed by atoms with Crippen LogP contribution >= 0.6 is 11.6 Å². The highest BCUT2D eigenvalue weighted by molar-refractivity contribution is 7.91. The molecule has 6 heteroatoms. The topological polar surface area (TPSA) is 63.4 Å². The van der Waals surface area contributed by atoms with Crippen LogP contribution < -0.4 is 10.6 Å². The number of rotatable bonds is 4. The molecule has 0 radical (unpaired) electrons. The molecule has 21 heavy (non-hydrogen) atoms. The summed E-state index contributed by atoms with van der Waals surface area (Å²) < 4.78 is 23.3. The number of hydrogen-bond acceptors (Lipinski definition) is 4. The fourth-order valence-electron chi connectivity index (χ4n) is 2.52. The van der Waals surface area contributed by atoms with E-state index in [1.165, 1.54) is 0 Å². The maximum absolute atomic E-state index is 11.7. The van der Waals surface area contributed by atoms with E-state index in [1.54, 1.807) is 0 Å². The maximum Gasteiger partial charge on any atom is 0.152 e. The molecule has 0 aliphatic carbocycles. The first kappa shape index (κ1) is 16.6. The Bertz CT molecular complexity index is 589. The largest absolute Gasteiger partial charge is 0.370 e. The van der Waals surface area contributed by atoms with Gasteiger partial charge in [-0.3, -0.25) is 0 Å². The quantitative estimate of drug-likeness (QED) is 0.919. The minimum Gasteiger partial charge on any atom is -0.370 e. The van der Waals surface area contributed by atoms with Gasteiger partial charge in [0.15, 0.2) is 9.84 Å². The number of nitrogens with zero attached hydrogens (tertiary/aromatic N) is 1. The molecule has 0 spiro atoms. The molecule has 0 saturated carbocycles. The highest BCUT2D eigenvalue weighted by Crippen LogP contribution is 2.26. The van der Waals surface area contributed by atoms with E-state index >= 15 is 0 Å². The highest BCUT2D eigenvalue weighted by atomic mass is 35.5. The standard InChI is InChI=1S/C15H23ClN2O2S/c1-2-13(17)10-12-4-5-14(11-15(12)16)18-6-3-8-21(19,20)9-7-18/h4-5,11,13H,2-3,6-10,17H2,1H3. The Balaban J connectivity index is 2.12. The van der Waals surface area contributed by atoms with E-state index in [2.05, 4.69) is 11.8 Å². The van der Waals surface area contributed by atoms with Gasteiger partial charge in [-0.05, 0) is 37.0 Å². The van der Waals surface area contributed by atoms with E-state index in [-0.39, 0.29) is 17.5 Å². The lowest BCUT2D eigenvalue weighted by Crippen LogP contribution is -2.27. The summed E-state index contributed by atoms with van der Waals surface area (Å²) in [6.45, 7) is 3.35. The summed E-state index contributed by atoms with van der Waals surface area (Å²) in [7, 11) is -2.89. The lowest BCUT2D eigenvalue weighted by molar-refractivity contribution is 0.597. The summed E-state index contributed by atoms with van der Waals surface area (Å²) in [5, 5.41) is 0.712. The molecule has 2 N–H and O–H groups in total. The van der Waals surface area contributed by atoms with E-state index in [0.717, 1.165) is 30.6 Å². The average Bonchev–Trinajstić information content (AvgIpc) is 2.62. The van der Waals surface area contributed by atoms with Crippen LogP contribution in [-0.2, 0) is 16.3 Å².